The summed E-state index contributed by atoms with van der Waals surface area (Å²) in [6, 6.07) is 3.89. The molecule has 0 aliphatic rings. The highest BCUT2D eigenvalue weighted by Gasteiger charge is 2.13. The lowest BCUT2D eigenvalue weighted by Gasteiger charge is -2.20. The summed E-state index contributed by atoms with van der Waals surface area (Å²) >= 11 is 6.02. The van der Waals surface area contributed by atoms with Gasteiger partial charge in [0.1, 0.15) is 11.5 Å². The maximum Gasteiger partial charge on any atom is 0.271 e. The second-order valence-corrected chi connectivity index (χ2v) is 5.29. The zero-order valence-electron chi connectivity index (χ0n) is 12.5. The number of pyridine rings is 1. The van der Waals surface area contributed by atoms with Gasteiger partial charge in [-0.2, -0.15) is 0 Å². The number of hydrogen-bond donors (Lipinski definition) is 2. The van der Waals surface area contributed by atoms with Gasteiger partial charge >= 0.3 is 0 Å². The standard InChI is InChI=1S/C14H23ClN4O/c1-5-16-12-7-6-11(15)13(18-12)14(20)17-8-9-19(4)10(2)3/h6-7,10H,5,8-9H2,1-4H3,(H,16,18)(H,17,20). The normalized spacial score (nSPS) is 10.9. The van der Waals surface area contributed by atoms with E-state index in [0.717, 1.165) is 13.1 Å². The molecular weight excluding hydrogens is 276 g/mol. The summed E-state index contributed by atoms with van der Waals surface area (Å²) < 4.78 is 0. The predicted octanol–water partition coefficient (Wildman–Crippen LogP) is 2.24. The summed E-state index contributed by atoms with van der Waals surface area (Å²) in [7, 11) is 2.02. The van der Waals surface area contributed by atoms with Crippen molar-refractivity contribution in [2.45, 2.75) is 26.8 Å². The lowest BCUT2D eigenvalue weighted by Crippen LogP contribution is -2.36. The summed E-state index contributed by atoms with van der Waals surface area (Å²) in [4.78, 5) is 18.5. The molecule has 0 atom stereocenters. The number of nitrogens with one attached hydrogen (secondary N) is 2. The molecule has 0 fully saturated rings. The van der Waals surface area contributed by atoms with Gasteiger partial charge in [0.25, 0.3) is 5.91 Å². The molecule has 1 rings (SSSR count). The maximum atomic E-state index is 12.1. The van der Waals surface area contributed by atoms with E-state index >= 15 is 0 Å². The minimum Gasteiger partial charge on any atom is -0.370 e. The summed E-state index contributed by atoms with van der Waals surface area (Å²) in [6.07, 6.45) is 0. The average molecular weight is 299 g/mol. The van der Waals surface area contributed by atoms with Gasteiger partial charge < -0.3 is 15.5 Å². The molecule has 0 aliphatic heterocycles. The number of carbonyl (C=O) groups excluding carboxylic acids is 1. The van der Waals surface area contributed by atoms with E-state index in [9.17, 15) is 4.79 Å². The molecule has 6 heteroatoms. The molecule has 0 spiro atoms. The fourth-order valence-electron chi connectivity index (χ4n) is 1.57. The van der Waals surface area contributed by atoms with E-state index in [1.165, 1.54) is 0 Å². The lowest BCUT2D eigenvalue weighted by atomic mass is 10.3. The Morgan fingerprint density at radius 1 is 1.45 bits per heavy atom. The van der Waals surface area contributed by atoms with Crippen LogP contribution in [0.5, 0.6) is 0 Å². The number of aromatic nitrogens is 1. The first-order chi connectivity index (χ1) is 9.45. The zero-order chi connectivity index (χ0) is 15.1. The molecule has 0 saturated carbocycles. The average Bonchev–Trinajstić information content (AvgIpc) is 2.40. The highest BCUT2D eigenvalue weighted by Crippen LogP contribution is 2.16. The topological polar surface area (TPSA) is 57.3 Å². The third-order valence-electron chi connectivity index (χ3n) is 3.05. The smallest absolute Gasteiger partial charge is 0.271 e. The highest BCUT2D eigenvalue weighted by atomic mass is 35.5. The van der Waals surface area contributed by atoms with E-state index < -0.39 is 0 Å². The van der Waals surface area contributed by atoms with Crippen LogP contribution in [-0.4, -0.2) is 48.5 Å². The maximum absolute atomic E-state index is 12.1. The van der Waals surface area contributed by atoms with Crippen LogP contribution < -0.4 is 10.6 Å². The number of anilines is 1. The molecule has 1 heterocycles. The lowest BCUT2D eigenvalue weighted by molar-refractivity contribution is 0.0943. The van der Waals surface area contributed by atoms with Crippen molar-refractivity contribution in [2.24, 2.45) is 0 Å². The van der Waals surface area contributed by atoms with E-state index in [1.54, 1.807) is 12.1 Å². The molecule has 112 valence electrons. The highest BCUT2D eigenvalue weighted by molar-refractivity contribution is 6.33. The molecule has 0 radical (unpaired) electrons. The monoisotopic (exact) mass is 298 g/mol. The first-order valence-corrected chi connectivity index (χ1v) is 7.22. The molecule has 0 aliphatic carbocycles. The van der Waals surface area contributed by atoms with Crippen LogP contribution in [-0.2, 0) is 0 Å². The molecular formula is C14H23ClN4O. The van der Waals surface area contributed by atoms with Crippen molar-refractivity contribution in [1.29, 1.82) is 0 Å². The van der Waals surface area contributed by atoms with Gasteiger partial charge in [-0.3, -0.25) is 4.79 Å². The number of halogens is 1. The minimum absolute atomic E-state index is 0.244. The number of carbonyl (C=O) groups is 1. The van der Waals surface area contributed by atoms with Crippen molar-refractivity contribution < 1.29 is 4.79 Å². The number of amides is 1. The van der Waals surface area contributed by atoms with Gasteiger partial charge in [-0.25, -0.2) is 4.98 Å². The summed E-state index contributed by atoms with van der Waals surface area (Å²) in [5.74, 6) is 0.410. The predicted molar refractivity (Wildman–Crippen MR) is 83.5 cm³/mol. The molecule has 0 bridgehead atoms. The first kappa shape index (κ1) is 16.7. The molecule has 20 heavy (non-hydrogen) atoms. The van der Waals surface area contributed by atoms with Crippen molar-refractivity contribution in [3.63, 3.8) is 0 Å². The van der Waals surface area contributed by atoms with Gasteiger partial charge in [0.05, 0.1) is 5.02 Å². The van der Waals surface area contributed by atoms with Gasteiger partial charge in [0.2, 0.25) is 0 Å². The number of rotatable bonds is 7. The molecule has 0 unspecified atom stereocenters. The number of likely N-dealkylation sites (N-methyl/N-ethyl adjacent to an activating group) is 1. The van der Waals surface area contributed by atoms with Crippen LogP contribution in [0.15, 0.2) is 12.1 Å². The fraction of sp³-hybridized carbons (Fsp3) is 0.571. The van der Waals surface area contributed by atoms with E-state index in [4.69, 9.17) is 11.6 Å². The van der Waals surface area contributed by atoms with Crippen molar-refractivity contribution in [1.82, 2.24) is 15.2 Å². The minimum atomic E-state index is -0.244. The van der Waals surface area contributed by atoms with E-state index in [0.29, 0.717) is 23.4 Å². The number of nitrogens with zero attached hydrogens (tertiary/aromatic N) is 2. The van der Waals surface area contributed by atoms with Crippen LogP contribution in [0, 0.1) is 0 Å². The van der Waals surface area contributed by atoms with E-state index in [2.05, 4.69) is 34.4 Å². The summed E-state index contributed by atoms with van der Waals surface area (Å²) in [5.41, 5.74) is 0.261. The Balaban J connectivity index is 2.60. The van der Waals surface area contributed by atoms with Crippen LogP contribution in [0.2, 0.25) is 5.02 Å². The van der Waals surface area contributed by atoms with Gasteiger partial charge in [-0.15, -0.1) is 0 Å². The van der Waals surface area contributed by atoms with Crippen molar-refractivity contribution in [3.8, 4) is 0 Å². The Kier molecular flexibility index (Phi) is 6.75. The van der Waals surface area contributed by atoms with Crippen LogP contribution in [0.1, 0.15) is 31.3 Å². The summed E-state index contributed by atoms with van der Waals surface area (Å²) in [5, 5.41) is 6.26. The SMILES string of the molecule is CCNc1ccc(Cl)c(C(=O)NCCN(C)C(C)C)n1. The van der Waals surface area contributed by atoms with Crippen LogP contribution >= 0.6 is 11.6 Å². The molecule has 5 nitrogen and oxygen atoms in total. The Morgan fingerprint density at radius 2 is 2.15 bits per heavy atom. The van der Waals surface area contributed by atoms with Gasteiger partial charge in [-0.05, 0) is 40.0 Å². The van der Waals surface area contributed by atoms with Gasteiger partial charge in [0.15, 0.2) is 0 Å². The molecule has 1 aromatic heterocycles. The van der Waals surface area contributed by atoms with Gasteiger partial charge in [-0.1, -0.05) is 11.6 Å². The molecule has 1 aromatic rings. The van der Waals surface area contributed by atoms with Crippen molar-refractivity contribution in [2.75, 3.05) is 32.0 Å². The first-order valence-electron chi connectivity index (χ1n) is 6.84. The second kappa shape index (κ2) is 8.07. The van der Waals surface area contributed by atoms with E-state index in [1.807, 2.05) is 14.0 Å². The molecule has 1 amide bonds. The van der Waals surface area contributed by atoms with Crippen molar-refractivity contribution >= 4 is 23.3 Å². The third-order valence-corrected chi connectivity index (χ3v) is 3.36. The zero-order valence-corrected chi connectivity index (χ0v) is 13.3. The van der Waals surface area contributed by atoms with Crippen LogP contribution in [0.4, 0.5) is 5.82 Å². The molecule has 0 saturated heterocycles. The van der Waals surface area contributed by atoms with E-state index in [-0.39, 0.29) is 11.6 Å². The quantitative estimate of drug-likeness (QED) is 0.810. The fourth-order valence-corrected chi connectivity index (χ4v) is 1.76. The van der Waals surface area contributed by atoms with Gasteiger partial charge in [0, 0.05) is 25.7 Å². The Bertz CT molecular complexity index is 451. The third kappa shape index (κ3) is 4.98. The van der Waals surface area contributed by atoms with Crippen LogP contribution in [0.3, 0.4) is 0 Å². The largest absolute Gasteiger partial charge is 0.370 e. The van der Waals surface area contributed by atoms with Crippen LogP contribution in [0.25, 0.3) is 0 Å². The molecule has 2 N–H and O–H groups in total. The molecule has 0 aromatic carbocycles. The summed E-state index contributed by atoms with van der Waals surface area (Å²) in [6.45, 7) is 8.29. The Morgan fingerprint density at radius 3 is 2.75 bits per heavy atom. The number of hydrogen-bond acceptors (Lipinski definition) is 4. The second-order valence-electron chi connectivity index (χ2n) is 4.89. The van der Waals surface area contributed by atoms with Crippen molar-refractivity contribution in [3.05, 3.63) is 22.8 Å². The Hall–Kier alpha value is -1.33. The Labute approximate surface area is 125 Å².